The smallest absolute Gasteiger partial charge is 0.295 e. The Kier molecular flexibility index (Phi) is 3.94. The number of nitrogens with zero attached hydrogens (tertiary/aromatic N) is 2. The van der Waals surface area contributed by atoms with Crippen LogP contribution in [-0.2, 0) is 4.79 Å². The van der Waals surface area contributed by atoms with Gasteiger partial charge in [-0.25, -0.2) is 4.98 Å². The van der Waals surface area contributed by atoms with Gasteiger partial charge in [0.05, 0.1) is 0 Å². The maximum absolute atomic E-state index is 11.8. The van der Waals surface area contributed by atoms with Crippen LogP contribution in [0, 0.1) is 6.92 Å². The minimum atomic E-state index is -0.573. The van der Waals surface area contributed by atoms with Gasteiger partial charge in [-0.15, -0.1) is 5.10 Å². The van der Waals surface area contributed by atoms with Crippen LogP contribution in [0.4, 0.5) is 5.69 Å². The van der Waals surface area contributed by atoms with Gasteiger partial charge in [0.2, 0.25) is 5.82 Å². The highest BCUT2D eigenvalue weighted by atomic mass is 16.5. The Bertz CT molecular complexity index is 638. The molecule has 2 aromatic rings. The molecule has 1 heterocycles. The van der Waals surface area contributed by atoms with Crippen molar-refractivity contribution in [2.45, 2.75) is 6.92 Å². The minimum absolute atomic E-state index is 0.0472. The second-order valence-electron chi connectivity index (χ2n) is 3.98. The first-order chi connectivity index (χ1) is 9.54. The Labute approximate surface area is 114 Å². The van der Waals surface area contributed by atoms with Crippen LogP contribution in [0.2, 0.25) is 0 Å². The van der Waals surface area contributed by atoms with Gasteiger partial charge >= 0.3 is 0 Å². The van der Waals surface area contributed by atoms with E-state index in [1.807, 2.05) is 0 Å². The topological polar surface area (TPSA) is 123 Å². The summed E-state index contributed by atoms with van der Waals surface area (Å²) < 4.78 is 5.14. The number of hydrogen-bond donors (Lipinski definition) is 3. The van der Waals surface area contributed by atoms with E-state index in [0.29, 0.717) is 17.3 Å². The summed E-state index contributed by atoms with van der Waals surface area (Å²) in [7, 11) is 0. The standard InChI is InChI=1S/C12H13N5O3/c1-7-14-11(17-16-7)12(19)15-8-3-2-4-9(5-8)20-6-10(13)18/h2-5H,6H2,1H3,(H2,13,18)(H,15,19)(H,14,16,17). The van der Waals surface area contributed by atoms with Crippen LogP contribution in [0.3, 0.4) is 0 Å². The van der Waals surface area contributed by atoms with Crippen molar-refractivity contribution in [1.82, 2.24) is 15.2 Å². The largest absolute Gasteiger partial charge is 0.484 e. The lowest BCUT2D eigenvalue weighted by Gasteiger charge is -2.06. The summed E-state index contributed by atoms with van der Waals surface area (Å²) in [4.78, 5) is 26.4. The molecule has 0 atom stereocenters. The number of nitrogens with one attached hydrogen (secondary N) is 2. The monoisotopic (exact) mass is 275 g/mol. The first-order valence-corrected chi connectivity index (χ1v) is 5.76. The third-order valence-electron chi connectivity index (χ3n) is 2.27. The van der Waals surface area contributed by atoms with E-state index in [1.165, 1.54) is 0 Å². The number of carbonyl (C=O) groups excluding carboxylic acids is 2. The first-order valence-electron chi connectivity index (χ1n) is 5.76. The van der Waals surface area contributed by atoms with Gasteiger partial charge < -0.3 is 15.8 Å². The normalized spacial score (nSPS) is 10.1. The van der Waals surface area contributed by atoms with Crippen LogP contribution in [0.15, 0.2) is 24.3 Å². The number of hydrogen-bond acceptors (Lipinski definition) is 5. The molecule has 0 fully saturated rings. The van der Waals surface area contributed by atoms with E-state index in [9.17, 15) is 9.59 Å². The van der Waals surface area contributed by atoms with Gasteiger partial charge in [-0.3, -0.25) is 14.7 Å². The Hall–Kier alpha value is -2.90. The zero-order valence-electron chi connectivity index (χ0n) is 10.7. The van der Waals surface area contributed by atoms with Gasteiger partial charge in [0.15, 0.2) is 6.61 Å². The van der Waals surface area contributed by atoms with Crippen LogP contribution in [-0.4, -0.2) is 33.6 Å². The van der Waals surface area contributed by atoms with Crippen LogP contribution >= 0.6 is 0 Å². The number of amides is 2. The number of aromatic nitrogens is 3. The number of primary amides is 1. The highest BCUT2D eigenvalue weighted by molar-refractivity contribution is 6.01. The number of aromatic amines is 1. The van der Waals surface area contributed by atoms with E-state index >= 15 is 0 Å². The van der Waals surface area contributed by atoms with Crippen molar-refractivity contribution in [2.24, 2.45) is 5.73 Å². The Morgan fingerprint density at radius 1 is 1.45 bits per heavy atom. The number of H-pyrrole nitrogens is 1. The van der Waals surface area contributed by atoms with E-state index in [4.69, 9.17) is 10.5 Å². The van der Waals surface area contributed by atoms with Crippen LogP contribution < -0.4 is 15.8 Å². The number of carbonyl (C=O) groups is 2. The van der Waals surface area contributed by atoms with Gasteiger partial charge in [-0.2, -0.15) is 0 Å². The van der Waals surface area contributed by atoms with Crippen molar-refractivity contribution in [1.29, 1.82) is 0 Å². The SMILES string of the molecule is Cc1nc(C(=O)Nc2cccc(OCC(N)=O)c2)n[nH]1. The molecule has 0 spiro atoms. The molecular formula is C12H13N5O3. The maximum atomic E-state index is 11.8. The van der Waals surface area contributed by atoms with E-state index < -0.39 is 11.8 Å². The fourth-order valence-corrected chi connectivity index (χ4v) is 1.45. The molecule has 1 aromatic carbocycles. The quantitative estimate of drug-likeness (QED) is 0.720. The van der Waals surface area contributed by atoms with Crippen molar-refractivity contribution in [2.75, 3.05) is 11.9 Å². The average molecular weight is 275 g/mol. The predicted octanol–water partition coefficient (Wildman–Crippen LogP) is 0.230. The van der Waals surface area contributed by atoms with Gasteiger partial charge in [0.1, 0.15) is 11.6 Å². The molecule has 104 valence electrons. The third-order valence-corrected chi connectivity index (χ3v) is 2.27. The number of ether oxygens (including phenoxy) is 1. The van der Waals surface area contributed by atoms with Crippen LogP contribution in [0.1, 0.15) is 16.4 Å². The lowest BCUT2D eigenvalue weighted by Crippen LogP contribution is -2.20. The summed E-state index contributed by atoms with van der Waals surface area (Å²) in [6, 6.07) is 6.57. The molecule has 2 amide bonds. The van der Waals surface area contributed by atoms with Crippen LogP contribution in [0.25, 0.3) is 0 Å². The number of rotatable bonds is 5. The molecule has 0 radical (unpaired) electrons. The molecule has 2 rings (SSSR count). The fraction of sp³-hybridized carbons (Fsp3) is 0.167. The number of anilines is 1. The summed E-state index contributed by atoms with van der Waals surface area (Å²) in [5, 5.41) is 8.95. The highest BCUT2D eigenvalue weighted by Crippen LogP contribution is 2.17. The molecule has 8 heteroatoms. The lowest BCUT2D eigenvalue weighted by molar-refractivity contribution is -0.119. The number of aryl methyl sites for hydroxylation is 1. The lowest BCUT2D eigenvalue weighted by atomic mass is 10.3. The second kappa shape index (κ2) is 5.83. The Morgan fingerprint density at radius 2 is 2.25 bits per heavy atom. The average Bonchev–Trinajstić information content (AvgIpc) is 2.84. The Balaban J connectivity index is 2.04. The molecule has 0 aliphatic rings. The number of benzene rings is 1. The molecule has 0 saturated heterocycles. The van der Waals surface area contributed by atoms with Gasteiger partial charge in [-0.1, -0.05) is 6.07 Å². The van der Waals surface area contributed by atoms with E-state index in [0.717, 1.165) is 0 Å². The maximum Gasteiger partial charge on any atom is 0.295 e. The zero-order chi connectivity index (χ0) is 14.5. The zero-order valence-corrected chi connectivity index (χ0v) is 10.7. The highest BCUT2D eigenvalue weighted by Gasteiger charge is 2.11. The molecular weight excluding hydrogens is 262 g/mol. The molecule has 1 aromatic heterocycles. The molecule has 0 aliphatic carbocycles. The van der Waals surface area contributed by atoms with Crippen molar-refractivity contribution >= 4 is 17.5 Å². The summed E-state index contributed by atoms with van der Waals surface area (Å²) in [5.41, 5.74) is 5.48. The summed E-state index contributed by atoms with van der Waals surface area (Å²) >= 11 is 0. The molecule has 20 heavy (non-hydrogen) atoms. The Morgan fingerprint density at radius 3 is 2.90 bits per heavy atom. The van der Waals surface area contributed by atoms with Gasteiger partial charge in [0, 0.05) is 11.8 Å². The molecule has 4 N–H and O–H groups in total. The first kappa shape index (κ1) is 13.5. The molecule has 0 aliphatic heterocycles. The van der Waals surface area contributed by atoms with E-state index in [2.05, 4.69) is 20.5 Å². The molecule has 8 nitrogen and oxygen atoms in total. The molecule has 0 saturated carbocycles. The summed E-state index contributed by atoms with van der Waals surface area (Å²) in [6.45, 7) is 1.47. The van der Waals surface area contributed by atoms with Crippen molar-refractivity contribution in [3.8, 4) is 5.75 Å². The minimum Gasteiger partial charge on any atom is -0.484 e. The summed E-state index contributed by atoms with van der Waals surface area (Å²) in [5.74, 6) is 0.00413. The number of nitrogens with two attached hydrogens (primary N) is 1. The van der Waals surface area contributed by atoms with Gasteiger partial charge in [0.25, 0.3) is 11.8 Å². The van der Waals surface area contributed by atoms with E-state index in [1.54, 1.807) is 31.2 Å². The second-order valence-corrected chi connectivity index (χ2v) is 3.98. The predicted molar refractivity (Wildman–Crippen MR) is 70.2 cm³/mol. The fourth-order valence-electron chi connectivity index (χ4n) is 1.45. The third kappa shape index (κ3) is 3.55. The summed E-state index contributed by atoms with van der Waals surface area (Å²) in [6.07, 6.45) is 0. The van der Waals surface area contributed by atoms with Crippen molar-refractivity contribution < 1.29 is 14.3 Å². The molecule has 0 unspecified atom stereocenters. The molecule has 0 bridgehead atoms. The van der Waals surface area contributed by atoms with Crippen LogP contribution in [0.5, 0.6) is 5.75 Å². The van der Waals surface area contributed by atoms with Crippen molar-refractivity contribution in [3.05, 3.63) is 35.9 Å². The van der Waals surface area contributed by atoms with Gasteiger partial charge in [-0.05, 0) is 19.1 Å². The van der Waals surface area contributed by atoms with E-state index in [-0.39, 0.29) is 12.4 Å². The van der Waals surface area contributed by atoms with Crippen molar-refractivity contribution in [3.63, 3.8) is 0 Å².